The van der Waals surface area contributed by atoms with Gasteiger partial charge in [0.05, 0.1) is 24.6 Å². The third-order valence-corrected chi connectivity index (χ3v) is 5.22. The Morgan fingerprint density at radius 1 is 1.09 bits per heavy atom. The molecule has 0 bridgehead atoms. The van der Waals surface area contributed by atoms with E-state index in [1.807, 2.05) is 36.4 Å². The molecule has 0 fully saturated rings. The molecule has 0 aliphatic heterocycles. The van der Waals surface area contributed by atoms with Crippen LogP contribution in [0, 0.1) is 17.0 Å². The molecule has 176 valence electrons. The lowest BCUT2D eigenvalue weighted by atomic mass is 10.0. The number of pyridine rings is 2. The predicted molar refractivity (Wildman–Crippen MR) is 130 cm³/mol. The number of nitrogens with one attached hydrogen (secondary N) is 2. The second kappa shape index (κ2) is 10.5. The smallest absolute Gasteiger partial charge is 0.279 e. The highest BCUT2D eigenvalue weighted by Crippen LogP contribution is 2.35. The summed E-state index contributed by atoms with van der Waals surface area (Å²) in [7, 11) is 1.39. The van der Waals surface area contributed by atoms with Gasteiger partial charge >= 0.3 is 0 Å². The first kappa shape index (κ1) is 23.5. The zero-order chi connectivity index (χ0) is 24.8. The third kappa shape index (κ3) is 5.14. The molecular weight excluding hydrogens is 448 g/mol. The highest BCUT2D eigenvalue weighted by atomic mass is 16.5. The van der Waals surface area contributed by atoms with Crippen molar-refractivity contribution in [2.45, 2.75) is 0 Å². The number of aliphatic hydroxyl groups excluding tert-OH is 1. The van der Waals surface area contributed by atoms with Crippen LogP contribution in [-0.4, -0.2) is 41.5 Å². The molecule has 0 saturated heterocycles. The maximum atomic E-state index is 12.4. The molecule has 9 nitrogen and oxygen atoms in total. The summed E-state index contributed by atoms with van der Waals surface area (Å²) in [6.45, 7) is 0.549. The number of carbonyl (C=O) groups excluding carboxylic acids is 1. The van der Waals surface area contributed by atoms with Crippen molar-refractivity contribution in [3.63, 3.8) is 0 Å². The standard InChI is InChI=1S/C26H22N4O5/c1-35-25-23(26(32)29-33)21-16-30(34)14-12-22(21)28-24(25)19-8-4-17(5-9-19)2-3-18-6-10-20(11-7-18)27-13-15-31/h4-12,14,16,27,31,33H,13,15H2,1H3,(H,29,32). The fourth-order valence-electron chi connectivity index (χ4n) is 3.58. The number of amides is 1. The lowest BCUT2D eigenvalue weighted by Crippen LogP contribution is -2.26. The number of aromatic nitrogens is 2. The molecule has 0 aliphatic carbocycles. The van der Waals surface area contributed by atoms with Crippen LogP contribution >= 0.6 is 0 Å². The number of carbonyl (C=O) groups is 1. The summed E-state index contributed by atoms with van der Waals surface area (Å²) in [5.41, 5.74) is 5.58. The van der Waals surface area contributed by atoms with Gasteiger partial charge in [-0.25, -0.2) is 10.5 Å². The average Bonchev–Trinajstić information content (AvgIpc) is 2.90. The van der Waals surface area contributed by atoms with Crippen LogP contribution < -0.4 is 20.3 Å². The van der Waals surface area contributed by atoms with E-state index in [9.17, 15) is 15.2 Å². The molecule has 4 rings (SSSR count). The Labute approximate surface area is 201 Å². The molecule has 0 spiro atoms. The minimum atomic E-state index is -0.818. The summed E-state index contributed by atoms with van der Waals surface area (Å²) in [5, 5.41) is 33.3. The Hall–Kier alpha value is -4.65. The Morgan fingerprint density at radius 3 is 2.34 bits per heavy atom. The van der Waals surface area contributed by atoms with Crippen molar-refractivity contribution in [1.29, 1.82) is 0 Å². The molecule has 0 aliphatic rings. The number of aliphatic hydroxyl groups is 1. The molecule has 2 aromatic heterocycles. The van der Waals surface area contributed by atoms with Gasteiger partial charge < -0.3 is 20.4 Å². The van der Waals surface area contributed by atoms with Gasteiger partial charge in [0.15, 0.2) is 18.1 Å². The van der Waals surface area contributed by atoms with Crippen molar-refractivity contribution >= 4 is 22.5 Å². The van der Waals surface area contributed by atoms with E-state index in [2.05, 4.69) is 22.1 Å². The van der Waals surface area contributed by atoms with Crippen LogP contribution in [0.15, 0.2) is 67.0 Å². The van der Waals surface area contributed by atoms with Crippen LogP contribution in [0.1, 0.15) is 21.5 Å². The quantitative estimate of drug-likeness (QED) is 0.112. The lowest BCUT2D eigenvalue weighted by molar-refractivity contribution is -0.603. The van der Waals surface area contributed by atoms with Crippen molar-refractivity contribution in [1.82, 2.24) is 10.5 Å². The van der Waals surface area contributed by atoms with Crippen LogP contribution in [0.3, 0.4) is 0 Å². The van der Waals surface area contributed by atoms with Crippen LogP contribution in [0.4, 0.5) is 5.69 Å². The fraction of sp³-hybridized carbons (Fsp3) is 0.115. The van der Waals surface area contributed by atoms with Crippen LogP contribution in [0.2, 0.25) is 0 Å². The first-order chi connectivity index (χ1) is 17.0. The van der Waals surface area contributed by atoms with Crippen molar-refractivity contribution in [3.8, 4) is 28.8 Å². The first-order valence-electron chi connectivity index (χ1n) is 10.7. The number of hydroxylamine groups is 1. The number of anilines is 1. The van der Waals surface area contributed by atoms with Gasteiger partial charge in [-0.3, -0.25) is 10.0 Å². The van der Waals surface area contributed by atoms with Crippen molar-refractivity contribution in [3.05, 3.63) is 88.9 Å². The van der Waals surface area contributed by atoms with Crippen LogP contribution in [0.25, 0.3) is 22.2 Å². The molecule has 9 heteroatoms. The zero-order valence-electron chi connectivity index (χ0n) is 18.8. The van der Waals surface area contributed by atoms with E-state index in [1.54, 1.807) is 17.6 Å². The molecule has 2 aromatic carbocycles. The number of nitrogens with zero attached hydrogens (tertiary/aromatic N) is 2. The normalized spacial score (nSPS) is 10.4. The van der Waals surface area contributed by atoms with Gasteiger partial charge in [-0.05, 0) is 36.4 Å². The first-order valence-corrected chi connectivity index (χ1v) is 10.7. The summed E-state index contributed by atoms with van der Waals surface area (Å²) in [5.74, 6) is 5.53. The summed E-state index contributed by atoms with van der Waals surface area (Å²) < 4.78 is 6.02. The van der Waals surface area contributed by atoms with Crippen molar-refractivity contribution < 1.29 is 24.6 Å². The summed E-state index contributed by atoms with van der Waals surface area (Å²) in [6, 6.07) is 16.3. The molecule has 4 aromatic rings. The summed E-state index contributed by atoms with van der Waals surface area (Å²) in [6.07, 6.45) is 2.48. The Balaban J connectivity index is 1.67. The predicted octanol–water partition coefficient (Wildman–Crippen LogP) is 2.47. The molecular formula is C26H22N4O5. The van der Waals surface area contributed by atoms with Crippen LogP contribution in [-0.2, 0) is 0 Å². The third-order valence-electron chi connectivity index (χ3n) is 5.22. The molecule has 35 heavy (non-hydrogen) atoms. The molecule has 0 radical (unpaired) electrons. The zero-order valence-corrected chi connectivity index (χ0v) is 18.8. The largest absolute Gasteiger partial charge is 0.619 e. The van der Waals surface area contributed by atoms with Gasteiger partial charge in [-0.15, -0.1) is 0 Å². The van der Waals surface area contributed by atoms with E-state index in [-0.39, 0.29) is 23.3 Å². The number of methoxy groups -OCH3 is 1. The Kier molecular flexibility index (Phi) is 7.07. The van der Waals surface area contributed by atoms with Gasteiger partial charge in [-0.2, -0.15) is 4.73 Å². The number of ether oxygens (including phenoxy) is 1. The van der Waals surface area contributed by atoms with E-state index in [0.717, 1.165) is 16.8 Å². The minimum Gasteiger partial charge on any atom is -0.619 e. The molecule has 0 atom stereocenters. The lowest BCUT2D eigenvalue weighted by Gasteiger charge is -2.14. The summed E-state index contributed by atoms with van der Waals surface area (Å²) >= 11 is 0. The monoisotopic (exact) mass is 470 g/mol. The minimum absolute atomic E-state index is 0.000920. The Morgan fingerprint density at radius 2 is 1.74 bits per heavy atom. The van der Waals surface area contributed by atoms with Gasteiger partial charge in [0.2, 0.25) is 0 Å². The van der Waals surface area contributed by atoms with E-state index >= 15 is 0 Å². The second-order valence-corrected chi connectivity index (χ2v) is 7.47. The van der Waals surface area contributed by atoms with Crippen molar-refractivity contribution in [2.75, 3.05) is 25.6 Å². The molecule has 0 unspecified atom stereocenters. The van der Waals surface area contributed by atoms with Crippen molar-refractivity contribution in [2.24, 2.45) is 0 Å². The van der Waals surface area contributed by atoms with E-state index in [1.165, 1.54) is 25.6 Å². The number of benzene rings is 2. The highest BCUT2D eigenvalue weighted by Gasteiger charge is 2.24. The number of rotatable bonds is 6. The van der Waals surface area contributed by atoms with E-state index < -0.39 is 5.91 Å². The number of hydrogen-bond acceptors (Lipinski definition) is 7. The van der Waals surface area contributed by atoms with E-state index in [0.29, 0.717) is 28.0 Å². The SMILES string of the molecule is COc1c(-c2ccc(C#Cc3ccc(NCCO)cc3)cc2)nc2cc[n+]([O-])cc2c1C(=O)NO. The highest BCUT2D eigenvalue weighted by molar-refractivity contribution is 6.09. The second-order valence-electron chi connectivity index (χ2n) is 7.47. The Bertz CT molecular complexity index is 1430. The van der Waals surface area contributed by atoms with Crippen LogP contribution in [0.5, 0.6) is 5.75 Å². The van der Waals surface area contributed by atoms with Gasteiger partial charge in [0, 0.05) is 35.0 Å². The maximum Gasteiger partial charge on any atom is 0.279 e. The molecule has 0 saturated carbocycles. The summed E-state index contributed by atoms with van der Waals surface area (Å²) in [4.78, 5) is 17.0. The van der Waals surface area contributed by atoms with Gasteiger partial charge in [-0.1, -0.05) is 24.0 Å². The molecule has 4 N–H and O–H groups in total. The van der Waals surface area contributed by atoms with Gasteiger partial charge in [0.25, 0.3) is 5.91 Å². The topological polar surface area (TPSA) is 131 Å². The number of hydrogen-bond donors (Lipinski definition) is 4. The van der Waals surface area contributed by atoms with Gasteiger partial charge in [0.1, 0.15) is 11.3 Å². The number of fused-ring (bicyclic) bond motifs is 1. The molecule has 1 amide bonds. The average molecular weight is 470 g/mol. The molecule has 2 heterocycles. The van der Waals surface area contributed by atoms with E-state index in [4.69, 9.17) is 9.84 Å². The maximum absolute atomic E-state index is 12.4. The fourth-order valence-corrected chi connectivity index (χ4v) is 3.58.